The van der Waals surface area contributed by atoms with Crippen LogP contribution in [0.2, 0.25) is 0 Å². The number of hydrogen-bond acceptors (Lipinski definition) is 3. The first-order valence-electron chi connectivity index (χ1n) is 6.91. The summed E-state index contributed by atoms with van der Waals surface area (Å²) in [5, 5.41) is 3.45. The second-order valence-corrected chi connectivity index (χ2v) is 5.01. The van der Waals surface area contributed by atoms with Gasteiger partial charge in [-0.1, -0.05) is 12.1 Å². The molecule has 0 amide bonds. The summed E-state index contributed by atoms with van der Waals surface area (Å²) in [7, 11) is 1.67. The van der Waals surface area contributed by atoms with Crippen LogP contribution < -0.4 is 10.1 Å². The van der Waals surface area contributed by atoms with Crippen molar-refractivity contribution >= 4 is 5.69 Å². The zero-order valence-electron chi connectivity index (χ0n) is 11.7. The number of nitrogens with zero attached hydrogens (tertiary/aromatic N) is 2. The summed E-state index contributed by atoms with van der Waals surface area (Å²) < 4.78 is 7.37. The van der Waals surface area contributed by atoms with Crippen molar-refractivity contribution in [3.63, 3.8) is 0 Å². The van der Waals surface area contributed by atoms with Crippen LogP contribution in [0.5, 0.6) is 5.75 Å². The van der Waals surface area contributed by atoms with Gasteiger partial charge in [0.2, 0.25) is 0 Å². The third kappa shape index (κ3) is 1.88. The highest BCUT2D eigenvalue weighted by atomic mass is 16.5. The predicted molar refractivity (Wildman–Crippen MR) is 82.9 cm³/mol. The van der Waals surface area contributed by atoms with Crippen LogP contribution in [0.3, 0.4) is 0 Å². The largest absolute Gasteiger partial charge is 0.497 e. The molecule has 0 fully saturated rings. The molecule has 0 saturated carbocycles. The van der Waals surface area contributed by atoms with E-state index in [9.17, 15) is 0 Å². The molecular weight excluding hydrogens is 262 g/mol. The van der Waals surface area contributed by atoms with Gasteiger partial charge in [0.05, 0.1) is 36.4 Å². The Morgan fingerprint density at radius 2 is 1.90 bits per heavy atom. The van der Waals surface area contributed by atoms with Crippen LogP contribution in [0.4, 0.5) is 5.69 Å². The Kier molecular flexibility index (Phi) is 2.67. The lowest BCUT2D eigenvalue weighted by molar-refractivity contribution is 0.415. The Morgan fingerprint density at radius 1 is 1.10 bits per heavy atom. The first kappa shape index (κ1) is 12.0. The number of benzene rings is 2. The summed E-state index contributed by atoms with van der Waals surface area (Å²) in [6.07, 6.45) is 1.90. The van der Waals surface area contributed by atoms with Gasteiger partial charge in [0.1, 0.15) is 12.1 Å². The maximum atomic E-state index is 5.21. The van der Waals surface area contributed by atoms with Crippen molar-refractivity contribution in [1.29, 1.82) is 0 Å². The molecule has 0 spiro atoms. The predicted octanol–water partition coefficient (Wildman–Crippen LogP) is 3.47. The molecular formula is C17H15N3O. The number of aromatic nitrogens is 2. The van der Waals surface area contributed by atoms with E-state index >= 15 is 0 Å². The summed E-state index contributed by atoms with van der Waals surface area (Å²) in [6.45, 7) is 0.776. The van der Waals surface area contributed by atoms with E-state index in [-0.39, 0.29) is 0 Å². The summed E-state index contributed by atoms with van der Waals surface area (Å²) >= 11 is 0. The molecule has 0 saturated heterocycles. The Hall–Kier alpha value is -2.75. The Morgan fingerprint density at radius 3 is 2.71 bits per heavy atom. The number of methoxy groups -OCH3 is 1. The molecule has 3 aromatic rings. The number of rotatable bonds is 2. The van der Waals surface area contributed by atoms with Gasteiger partial charge >= 0.3 is 0 Å². The SMILES string of the molecule is COc1ccc(-c2ncn3c2CNc2ccccc2-3)cc1. The van der Waals surface area contributed by atoms with Crippen molar-refractivity contribution in [3.05, 3.63) is 60.6 Å². The lowest BCUT2D eigenvalue weighted by Gasteiger charge is -2.21. The number of hydrogen-bond donors (Lipinski definition) is 1. The van der Waals surface area contributed by atoms with Crippen molar-refractivity contribution in [2.24, 2.45) is 0 Å². The lowest BCUT2D eigenvalue weighted by Crippen LogP contribution is -2.14. The van der Waals surface area contributed by atoms with Crippen LogP contribution in [-0.4, -0.2) is 16.7 Å². The lowest BCUT2D eigenvalue weighted by atomic mass is 10.1. The minimum atomic E-state index is 0.776. The molecule has 1 aromatic heterocycles. The zero-order valence-corrected chi connectivity index (χ0v) is 11.7. The Balaban J connectivity index is 1.82. The maximum absolute atomic E-state index is 5.21. The number of imidazole rings is 1. The van der Waals surface area contributed by atoms with Crippen molar-refractivity contribution < 1.29 is 4.74 Å². The van der Waals surface area contributed by atoms with E-state index in [4.69, 9.17) is 4.74 Å². The van der Waals surface area contributed by atoms with E-state index in [1.54, 1.807) is 7.11 Å². The molecule has 4 heteroatoms. The summed E-state index contributed by atoms with van der Waals surface area (Å²) in [4.78, 5) is 4.60. The molecule has 1 aliphatic rings. The molecule has 1 N–H and O–H groups in total. The van der Waals surface area contributed by atoms with E-state index in [1.807, 2.05) is 42.7 Å². The minimum absolute atomic E-state index is 0.776. The van der Waals surface area contributed by atoms with Gasteiger partial charge in [-0.3, -0.25) is 4.57 Å². The van der Waals surface area contributed by atoms with Gasteiger partial charge < -0.3 is 10.1 Å². The number of para-hydroxylation sites is 2. The van der Waals surface area contributed by atoms with Crippen molar-refractivity contribution in [3.8, 4) is 22.7 Å². The van der Waals surface area contributed by atoms with Gasteiger partial charge in [0, 0.05) is 5.56 Å². The van der Waals surface area contributed by atoms with Crippen molar-refractivity contribution in [2.75, 3.05) is 12.4 Å². The van der Waals surface area contributed by atoms with Crippen LogP contribution in [0.1, 0.15) is 5.69 Å². The molecule has 0 radical (unpaired) electrons. The fraction of sp³-hybridized carbons (Fsp3) is 0.118. The monoisotopic (exact) mass is 277 g/mol. The molecule has 4 rings (SSSR count). The third-order valence-corrected chi connectivity index (χ3v) is 3.84. The third-order valence-electron chi connectivity index (χ3n) is 3.84. The van der Waals surface area contributed by atoms with Crippen LogP contribution in [0.15, 0.2) is 54.9 Å². The molecule has 0 atom stereocenters. The van der Waals surface area contributed by atoms with Gasteiger partial charge in [-0.25, -0.2) is 4.98 Å². The van der Waals surface area contributed by atoms with Crippen molar-refractivity contribution in [1.82, 2.24) is 9.55 Å². The molecule has 2 heterocycles. The van der Waals surface area contributed by atoms with Gasteiger partial charge in [-0.2, -0.15) is 0 Å². The van der Waals surface area contributed by atoms with E-state index < -0.39 is 0 Å². The summed E-state index contributed by atoms with van der Waals surface area (Å²) in [6, 6.07) is 16.3. The van der Waals surface area contributed by atoms with E-state index in [0.29, 0.717) is 0 Å². The first-order valence-corrected chi connectivity index (χ1v) is 6.91. The normalized spacial score (nSPS) is 12.2. The molecule has 0 aliphatic carbocycles. The second-order valence-electron chi connectivity index (χ2n) is 5.01. The summed E-state index contributed by atoms with van der Waals surface area (Å²) in [5.74, 6) is 0.857. The fourth-order valence-corrected chi connectivity index (χ4v) is 2.75. The quantitative estimate of drug-likeness (QED) is 0.779. The maximum Gasteiger partial charge on any atom is 0.118 e. The molecule has 0 bridgehead atoms. The van der Waals surface area contributed by atoms with E-state index in [2.05, 4.69) is 27.0 Å². The number of ether oxygens (including phenoxy) is 1. The van der Waals surface area contributed by atoms with Crippen LogP contribution in [0.25, 0.3) is 16.9 Å². The smallest absolute Gasteiger partial charge is 0.118 e. The van der Waals surface area contributed by atoms with Gasteiger partial charge in [-0.05, 0) is 36.4 Å². The highest BCUT2D eigenvalue weighted by Crippen LogP contribution is 2.32. The zero-order chi connectivity index (χ0) is 14.2. The average Bonchev–Trinajstić information content (AvgIpc) is 2.99. The van der Waals surface area contributed by atoms with Crippen LogP contribution in [0, 0.1) is 0 Å². The second kappa shape index (κ2) is 4.66. The Bertz CT molecular complexity index is 790. The van der Waals surface area contributed by atoms with Gasteiger partial charge in [-0.15, -0.1) is 0 Å². The standard InChI is InChI=1S/C17H15N3O/c1-21-13-8-6-12(7-9-13)17-16-10-18-14-4-2-3-5-15(14)20(16)11-19-17/h2-9,11,18H,10H2,1H3. The van der Waals surface area contributed by atoms with Crippen LogP contribution in [-0.2, 0) is 6.54 Å². The fourth-order valence-electron chi connectivity index (χ4n) is 2.75. The minimum Gasteiger partial charge on any atom is -0.497 e. The molecule has 2 aromatic carbocycles. The molecule has 104 valence electrons. The first-order chi connectivity index (χ1) is 10.4. The van der Waals surface area contributed by atoms with Gasteiger partial charge in [0.25, 0.3) is 0 Å². The average molecular weight is 277 g/mol. The Labute approximate surface area is 123 Å². The molecule has 0 unspecified atom stereocenters. The summed E-state index contributed by atoms with van der Waals surface area (Å²) in [5.41, 5.74) is 5.58. The topological polar surface area (TPSA) is 39.1 Å². The number of anilines is 1. The van der Waals surface area contributed by atoms with E-state index in [0.717, 1.165) is 34.9 Å². The molecule has 21 heavy (non-hydrogen) atoms. The molecule has 4 nitrogen and oxygen atoms in total. The molecule has 1 aliphatic heterocycles. The highest BCUT2D eigenvalue weighted by Gasteiger charge is 2.19. The highest BCUT2D eigenvalue weighted by molar-refractivity contribution is 5.70. The number of nitrogens with one attached hydrogen (secondary N) is 1. The van der Waals surface area contributed by atoms with Gasteiger partial charge in [0.15, 0.2) is 0 Å². The van der Waals surface area contributed by atoms with Crippen LogP contribution >= 0.6 is 0 Å². The number of fused-ring (bicyclic) bond motifs is 3. The van der Waals surface area contributed by atoms with Crippen molar-refractivity contribution in [2.45, 2.75) is 6.54 Å². The van der Waals surface area contributed by atoms with E-state index in [1.165, 1.54) is 5.69 Å².